The molecule has 0 bridgehead atoms. The zero-order valence-electron chi connectivity index (χ0n) is 13.7. The smallest absolute Gasteiger partial charge is 0.125 e. The Bertz CT molecular complexity index is 778. The summed E-state index contributed by atoms with van der Waals surface area (Å²) in [5, 5.41) is 7.78. The lowest BCUT2D eigenvalue weighted by atomic mass is 10.2. The molecule has 0 radical (unpaired) electrons. The van der Waals surface area contributed by atoms with Crippen LogP contribution in [0, 0.1) is 5.82 Å². The van der Waals surface area contributed by atoms with Crippen molar-refractivity contribution in [2.45, 2.75) is 45.9 Å². The van der Waals surface area contributed by atoms with Crippen molar-refractivity contribution in [3.8, 4) is 0 Å². The number of benzene rings is 1. The molecule has 2 atom stereocenters. The van der Waals surface area contributed by atoms with E-state index in [1.165, 1.54) is 12.1 Å². The Morgan fingerprint density at radius 3 is 2.83 bits per heavy atom. The Balaban J connectivity index is 1.76. The minimum atomic E-state index is -0.251. The van der Waals surface area contributed by atoms with Crippen LogP contribution in [0.15, 0.2) is 36.7 Å². The summed E-state index contributed by atoms with van der Waals surface area (Å²) in [5.41, 5.74) is 1.68. The predicted molar refractivity (Wildman–Crippen MR) is 88.6 cm³/mol. The van der Waals surface area contributed by atoms with Gasteiger partial charge in [-0.2, -0.15) is 5.10 Å². The SMILES string of the molecule is CCn1c(CN[C@H](C)[C@H](C)n2cccn2)nc2cc(F)ccc21. The Kier molecular flexibility index (Phi) is 4.43. The molecule has 0 saturated heterocycles. The highest BCUT2D eigenvalue weighted by Gasteiger charge is 2.16. The zero-order chi connectivity index (χ0) is 16.4. The molecule has 0 amide bonds. The average Bonchev–Trinajstić information content (AvgIpc) is 3.18. The molecular formula is C17H22FN5. The molecule has 1 aromatic carbocycles. The van der Waals surface area contributed by atoms with Crippen LogP contribution in [0.5, 0.6) is 0 Å². The molecule has 3 rings (SSSR count). The van der Waals surface area contributed by atoms with Crippen molar-refractivity contribution in [3.63, 3.8) is 0 Å². The molecule has 0 fully saturated rings. The number of nitrogens with zero attached hydrogens (tertiary/aromatic N) is 4. The van der Waals surface area contributed by atoms with Crippen molar-refractivity contribution in [2.24, 2.45) is 0 Å². The van der Waals surface area contributed by atoms with E-state index in [0.29, 0.717) is 12.1 Å². The summed E-state index contributed by atoms with van der Waals surface area (Å²) in [4.78, 5) is 4.58. The van der Waals surface area contributed by atoms with E-state index in [1.807, 2.05) is 16.9 Å². The van der Waals surface area contributed by atoms with Crippen molar-refractivity contribution in [3.05, 3.63) is 48.3 Å². The molecule has 0 unspecified atom stereocenters. The fourth-order valence-corrected chi connectivity index (χ4v) is 2.81. The van der Waals surface area contributed by atoms with Gasteiger partial charge in [0.15, 0.2) is 0 Å². The van der Waals surface area contributed by atoms with Gasteiger partial charge >= 0.3 is 0 Å². The number of rotatable bonds is 6. The van der Waals surface area contributed by atoms with E-state index >= 15 is 0 Å². The van der Waals surface area contributed by atoms with Crippen molar-refractivity contribution < 1.29 is 4.39 Å². The summed E-state index contributed by atoms with van der Waals surface area (Å²) < 4.78 is 17.4. The van der Waals surface area contributed by atoms with Crippen LogP contribution in [0.1, 0.15) is 32.6 Å². The number of halogens is 1. The second kappa shape index (κ2) is 6.50. The van der Waals surface area contributed by atoms with Gasteiger partial charge in [0.05, 0.1) is 23.6 Å². The maximum absolute atomic E-state index is 13.4. The first kappa shape index (κ1) is 15.7. The highest BCUT2D eigenvalue weighted by atomic mass is 19.1. The molecule has 122 valence electrons. The first-order valence-corrected chi connectivity index (χ1v) is 7.97. The molecule has 1 N–H and O–H groups in total. The summed E-state index contributed by atoms with van der Waals surface area (Å²) in [5.74, 6) is 0.672. The lowest BCUT2D eigenvalue weighted by Crippen LogP contribution is -2.34. The van der Waals surface area contributed by atoms with Gasteiger partial charge in [0.2, 0.25) is 0 Å². The van der Waals surface area contributed by atoms with Crippen LogP contribution in [-0.2, 0) is 13.1 Å². The largest absolute Gasteiger partial charge is 0.327 e. The number of nitrogens with one attached hydrogen (secondary N) is 1. The van der Waals surface area contributed by atoms with Gasteiger partial charge < -0.3 is 9.88 Å². The third-order valence-electron chi connectivity index (χ3n) is 4.35. The number of fused-ring (bicyclic) bond motifs is 1. The van der Waals surface area contributed by atoms with Gasteiger partial charge in [-0.25, -0.2) is 9.37 Å². The molecule has 0 aliphatic rings. The van der Waals surface area contributed by atoms with Gasteiger partial charge in [-0.15, -0.1) is 0 Å². The first-order valence-electron chi connectivity index (χ1n) is 7.97. The van der Waals surface area contributed by atoms with Crippen LogP contribution in [0.2, 0.25) is 0 Å². The standard InChI is InChI=1S/C17H22FN5/c1-4-22-16-7-6-14(18)10-15(16)21-17(22)11-19-12(2)13(3)23-9-5-8-20-23/h5-10,12-13,19H,4,11H2,1-3H3/t12-,13+/m1/s1. The molecule has 0 saturated carbocycles. The minimum absolute atomic E-state index is 0.233. The second-order valence-electron chi connectivity index (χ2n) is 5.80. The van der Waals surface area contributed by atoms with Crippen molar-refractivity contribution in [1.29, 1.82) is 0 Å². The maximum atomic E-state index is 13.4. The van der Waals surface area contributed by atoms with E-state index in [9.17, 15) is 4.39 Å². The maximum Gasteiger partial charge on any atom is 0.125 e. The molecule has 0 spiro atoms. The van der Waals surface area contributed by atoms with E-state index in [2.05, 4.69) is 40.7 Å². The molecule has 2 aromatic heterocycles. The number of hydrogen-bond donors (Lipinski definition) is 1. The summed E-state index contributed by atoms with van der Waals surface area (Å²) in [6.45, 7) is 7.77. The van der Waals surface area contributed by atoms with Crippen LogP contribution >= 0.6 is 0 Å². The highest BCUT2D eigenvalue weighted by molar-refractivity contribution is 5.76. The third-order valence-corrected chi connectivity index (χ3v) is 4.35. The number of hydrogen-bond acceptors (Lipinski definition) is 3. The molecule has 2 heterocycles. The second-order valence-corrected chi connectivity index (χ2v) is 5.80. The Hall–Kier alpha value is -2.21. The van der Waals surface area contributed by atoms with E-state index in [4.69, 9.17) is 0 Å². The number of aromatic nitrogens is 4. The number of aryl methyl sites for hydroxylation is 1. The fourth-order valence-electron chi connectivity index (χ4n) is 2.81. The van der Waals surface area contributed by atoms with Crippen molar-refractivity contribution in [1.82, 2.24) is 24.6 Å². The zero-order valence-corrected chi connectivity index (χ0v) is 13.7. The van der Waals surface area contributed by atoms with E-state index in [1.54, 1.807) is 12.3 Å². The number of imidazole rings is 1. The van der Waals surface area contributed by atoms with E-state index in [-0.39, 0.29) is 17.9 Å². The van der Waals surface area contributed by atoms with Crippen LogP contribution < -0.4 is 5.32 Å². The van der Waals surface area contributed by atoms with Crippen LogP contribution in [0.3, 0.4) is 0 Å². The van der Waals surface area contributed by atoms with E-state index in [0.717, 1.165) is 17.9 Å². The Labute approximate surface area is 135 Å². The first-order chi connectivity index (χ1) is 11.1. The van der Waals surface area contributed by atoms with E-state index < -0.39 is 0 Å². The summed E-state index contributed by atoms with van der Waals surface area (Å²) >= 11 is 0. The fraction of sp³-hybridized carbons (Fsp3) is 0.412. The van der Waals surface area contributed by atoms with Crippen LogP contribution in [-0.4, -0.2) is 25.4 Å². The Morgan fingerprint density at radius 1 is 1.30 bits per heavy atom. The van der Waals surface area contributed by atoms with Gasteiger partial charge in [0.25, 0.3) is 0 Å². The highest BCUT2D eigenvalue weighted by Crippen LogP contribution is 2.18. The average molecular weight is 315 g/mol. The van der Waals surface area contributed by atoms with Crippen LogP contribution in [0.25, 0.3) is 11.0 Å². The van der Waals surface area contributed by atoms with Crippen molar-refractivity contribution >= 4 is 11.0 Å². The van der Waals surface area contributed by atoms with Gasteiger partial charge in [0, 0.05) is 31.0 Å². The molecule has 5 nitrogen and oxygen atoms in total. The Morgan fingerprint density at radius 2 is 2.13 bits per heavy atom. The monoisotopic (exact) mass is 315 g/mol. The summed E-state index contributed by atoms with van der Waals surface area (Å²) in [7, 11) is 0. The lowest BCUT2D eigenvalue weighted by molar-refractivity contribution is 0.360. The van der Waals surface area contributed by atoms with Gasteiger partial charge in [0.1, 0.15) is 11.6 Å². The minimum Gasteiger partial charge on any atom is -0.327 e. The predicted octanol–water partition coefficient (Wildman–Crippen LogP) is 3.13. The van der Waals surface area contributed by atoms with Crippen LogP contribution in [0.4, 0.5) is 4.39 Å². The summed E-state index contributed by atoms with van der Waals surface area (Å²) in [6.07, 6.45) is 3.75. The van der Waals surface area contributed by atoms with Gasteiger partial charge in [-0.05, 0) is 39.0 Å². The third kappa shape index (κ3) is 3.12. The van der Waals surface area contributed by atoms with Gasteiger partial charge in [-0.3, -0.25) is 4.68 Å². The summed E-state index contributed by atoms with van der Waals surface area (Å²) in [6, 6.07) is 7.16. The molecule has 3 aromatic rings. The molecule has 0 aliphatic heterocycles. The van der Waals surface area contributed by atoms with Crippen molar-refractivity contribution in [2.75, 3.05) is 0 Å². The molecule has 6 heteroatoms. The molecule has 23 heavy (non-hydrogen) atoms. The quantitative estimate of drug-likeness (QED) is 0.760. The topological polar surface area (TPSA) is 47.7 Å². The molecule has 0 aliphatic carbocycles. The van der Waals surface area contributed by atoms with Gasteiger partial charge in [-0.1, -0.05) is 0 Å². The molecular weight excluding hydrogens is 293 g/mol. The normalized spacial score (nSPS) is 14.3. The lowest BCUT2D eigenvalue weighted by Gasteiger charge is -2.21.